The molecular formula is C18H21Cl2N. The highest BCUT2D eigenvalue weighted by Gasteiger charge is 2.13. The van der Waals surface area contributed by atoms with Gasteiger partial charge in [-0.25, -0.2) is 0 Å². The minimum atomic E-state index is 0.471. The molecule has 0 aromatic heterocycles. The summed E-state index contributed by atoms with van der Waals surface area (Å²) in [6, 6.07) is 16.3. The molecule has 0 fully saturated rings. The predicted molar refractivity (Wildman–Crippen MR) is 92.5 cm³/mol. The number of hydrogen-bond donors (Lipinski definition) is 1. The summed E-state index contributed by atoms with van der Waals surface area (Å²) in [6.07, 6.45) is 1.92. The van der Waals surface area contributed by atoms with E-state index in [0.717, 1.165) is 41.5 Å². The highest BCUT2D eigenvalue weighted by molar-refractivity contribution is 6.35. The summed E-state index contributed by atoms with van der Waals surface area (Å²) in [5.74, 6) is 0.471. The second kappa shape index (κ2) is 8.43. The lowest BCUT2D eigenvalue weighted by Crippen LogP contribution is -2.21. The van der Waals surface area contributed by atoms with E-state index in [-0.39, 0.29) is 0 Å². The van der Waals surface area contributed by atoms with Crippen LogP contribution in [-0.4, -0.2) is 13.1 Å². The lowest BCUT2D eigenvalue weighted by atomic mass is 9.92. The maximum absolute atomic E-state index is 6.26. The summed E-state index contributed by atoms with van der Waals surface area (Å²) >= 11 is 12.5. The standard InChI is InChI=1S/C18H21Cl2N/c1-2-21-13-15(14-7-4-3-5-8-14)11-12-16-17(19)9-6-10-18(16)20/h3-10,15,21H,2,11-13H2,1H3. The fourth-order valence-corrected chi connectivity index (χ4v) is 3.11. The Morgan fingerprint density at radius 2 is 1.62 bits per heavy atom. The monoisotopic (exact) mass is 321 g/mol. The van der Waals surface area contributed by atoms with Crippen LogP contribution in [0, 0.1) is 0 Å². The van der Waals surface area contributed by atoms with Gasteiger partial charge in [0.1, 0.15) is 0 Å². The lowest BCUT2D eigenvalue weighted by molar-refractivity contribution is 0.562. The van der Waals surface area contributed by atoms with Gasteiger partial charge in [0, 0.05) is 16.6 Å². The van der Waals surface area contributed by atoms with Crippen LogP contribution in [0.3, 0.4) is 0 Å². The molecule has 0 amide bonds. The van der Waals surface area contributed by atoms with Crippen molar-refractivity contribution < 1.29 is 0 Å². The van der Waals surface area contributed by atoms with Crippen molar-refractivity contribution in [3.63, 3.8) is 0 Å². The van der Waals surface area contributed by atoms with Crippen molar-refractivity contribution in [1.82, 2.24) is 5.32 Å². The summed E-state index contributed by atoms with van der Waals surface area (Å²) in [5, 5.41) is 4.97. The highest BCUT2D eigenvalue weighted by Crippen LogP contribution is 2.29. The van der Waals surface area contributed by atoms with E-state index >= 15 is 0 Å². The Morgan fingerprint density at radius 3 is 2.24 bits per heavy atom. The molecule has 2 rings (SSSR count). The predicted octanol–water partition coefficient (Wildman–Crippen LogP) is 5.32. The average molecular weight is 322 g/mol. The molecule has 2 aromatic carbocycles. The topological polar surface area (TPSA) is 12.0 Å². The first-order valence-corrected chi connectivity index (χ1v) is 8.16. The Kier molecular flexibility index (Phi) is 6.56. The molecule has 1 nitrogen and oxygen atoms in total. The van der Waals surface area contributed by atoms with Crippen LogP contribution in [-0.2, 0) is 6.42 Å². The van der Waals surface area contributed by atoms with Crippen LogP contribution in [0.25, 0.3) is 0 Å². The second-order valence-electron chi connectivity index (χ2n) is 5.15. The van der Waals surface area contributed by atoms with Gasteiger partial charge >= 0.3 is 0 Å². The molecule has 0 spiro atoms. The van der Waals surface area contributed by atoms with E-state index in [9.17, 15) is 0 Å². The zero-order valence-corrected chi connectivity index (χ0v) is 13.8. The summed E-state index contributed by atoms with van der Waals surface area (Å²) in [4.78, 5) is 0. The quantitative estimate of drug-likeness (QED) is 0.727. The molecule has 2 aromatic rings. The molecule has 21 heavy (non-hydrogen) atoms. The molecule has 1 atom stereocenters. The molecular weight excluding hydrogens is 301 g/mol. The summed E-state index contributed by atoms with van der Waals surface area (Å²) in [6.45, 7) is 4.09. The van der Waals surface area contributed by atoms with Gasteiger partial charge in [-0.05, 0) is 48.6 Å². The Bertz CT molecular complexity index is 534. The van der Waals surface area contributed by atoms with Crippen molar-refractivity contribution >= 4 is 23.2 Å². The Labute approximate surface area is 137 Å². The molecule has 3 heteroatoms. The van der Waals surface area contributed by atoms with E-state index in [1.807, 2.05) is 18.2 Å². The Balaban J connectivity index is 2.09. The van der Waals surface area contributed by atoms with Gasteiger partial charge in [0.25, 0.3) is 0 Å². The normalized spacial score (nSPS) is 12.3. The fourth-order valence-electron chi connectivity index (χ4n) is 2.52. The van der Waals surface area contributed by atoms with Gasteiger partial charge in [-0.1, -0.05) is 66.5 Å². The van der Waals surface area contributed by atoms with Crippen LogP contribution in [0.2, 0.25) is 10.0 Å². The van der Waals surface area contributed by atoms with Crippen molar-refractivity contribution in [2.45, 2.75) is 25.7 Å². The van der Waals surface area contributed by atoms with Gasteiger partial charge in [0.05, 0.1) is 0 Å². The van der Waals surface area contributed by atoms with Gasteiger partial charge in [-0.2, -0.15) is 0 Å². The fraction of sp³-hybridized carbons (Fsp3) is 0.333. The number of hydrogen-bond acceptors (Lipinski definition) is 1. The highest BCUT2D eigenvalue weighted by atomic mass is 35.5. The van der Waals surface area contributed by atoms with Crippen molar-refractivity contribution in [3.05, 3.63) is 69.7 Å². The van der Waals surface area contributed by atoms with Crippen LogP contribution in [0.5, 0.6) is 0 Å². The largest absolute Gasteiger partial charge is 0.316 e. The Morgan fingerprint density at radius 1 is 0.952 bits per heavy atom. The number of halogens is 2. The van der Waals surface area contributed by atoms with Crippen molar-refractivity contribution in [2.24, 2.45) is 0 Å². The molecule has 0 saturated carbocycles. The molecule has 1 N–H and O–H groups in total. The third-order valence-electron chi connectivity index (χ3n) is 3.72. The maximum atomic E-state index is 6.26. The molecule has 0 aliphatic heterocycles. The molecule has 0 aliphatic carbocycles. The first-order valence-electron chi connectivity index (χ1n) is 7.41. The molecule has 1 unspecified atom stereocenters. The van der Waals surface area contributed by atoms with Crippen LogP contribution >= 0.6 is 23.2 Å². The zero-order valence-electron chi connectivity index (χ0n) is 12.3. The molecule has 112 valence electrons. The Hall–Kier alpha value is -1.02. The van der Waals surface area contributed by atoms with Crippen LogP contribution in [0.1, 0.15) is 30.4 Å². The van der Waals surface area contributed by atoms with E-state index in [2.05, 4.69) is 42.6 Å². The number of likely N-dealkylation sites (N-methyl/N-ethyl adjacent to an activating group) is 1. The molecule has 0 saturated heterocycles. The van der Waals surface area contributed by atoms with Crippen LogP contribution < -0.4 is 5.32 Å². The summed E-state index contributed by atoms with van der Waals surface area (Å²) in [7, 11) is 0. The molecule has 0 radical (unpaired) electrons. The first kappa shape index (κ1) is 16.4. The summed E-state index contributed by atoms with van der Waals surface area (Å²) < 4.78 is 0. The smallest absolute Gasteiger partial charge is 0.0452 e. The van der Waals surface area contributed by atoms with Crippen LogP contribution in [0.15, 0.2) is 48.5 Å². The maximum Gasteiger partial charge on any atom is 0.0452 e. The van der Waals surface area contributed by atoms with Crippen LogP contribution in [0.4, 0.5) is 0 Å². The van der Waals surface area contributed by atoms with Crippen molar-refractivity contribution in [3.8, 4) is 0 Å². The van der Waals surface area contributed by atoms with Gasteiger partial charge in [0.15, 0.2) is 0 Å². The number of benzene rings is 2. The van der Waals surface area contributed by atoms with E-state index < -0.39 is 0 Å². The van der Waals surface area contributed by atoms with E-state index in [0.29, 0.717) is 5.92 Å². The number of rotatable bonds is 7. The second-order valence-corrected chi connectivity index (χ2v) is 5.97. The third-order valence-corrected chi connectivity index (χ3v) is 4.42. The van der Waals surface area contributed by atoms with E-state index in [1.165, 1.54) is 5.56 Å². The summed E-state index contributed by atoms with van der Waals surface area (Å²) in [5.41, 5.74) is 2.42. The van der Waals surface area contributed by atoms with Gasteiger partial charge in [0.2, 0.25) is 0 Å². The zero-order chi connectivity index (χ0) is 15.1. The van der Waals surface area contributed by atoms with Crippen molar-refractivity contribution in [2.75, 3.05) is 13.1 Å². The average Bonchev–Trinajstić information content (AvgIpc) is 2.50. The molecule has 0 bridgehead atoms. The van der Waals surface area contributed by atoms with Gasteiger partial charge < -0.3 is 5.32 Å². The van der Waals surface area contributed by atoms with Gasteiger partial charge in [-0.3, -0.25) is 0 Å². The van der Waals surface area contributed by atoms with Crippen molar-refractivity contribution in [1.29, 1.82) is 0 Å². The minimum absolute atomic E-state index is 0.471. The number of nitrogens with one attached hydrogen (secondary N) is 1. The molecule has 0 heterocycles. The SMILES string of the molecule is CCNCC(CCc1c(Cl)cccc1Cl)c1ccccc1. The van der Waals surface area contributed by atoms with E-state index in [1.54, 1.807) is 0 Å². The lowest BCUT2D eigenvalue weighted by Gasteiger charge is -2.18. The minimum Gasteiger partial charge on any atom is -0.316 e. The first-order chi connectivity index (χ1) is 10.2. The third kappa shape index (κ3) is 4.74. The molecule has 0 aliphatic rings. The van der Waals surface area contributed by atoms with E-state index in [4.69, 9.17) is 23.2 Å². The van der Waals surface area contributed by atoms with Gasteiger partial charge in [-0.15, -0.1) is 0 Å².